The molecule has 3 aromatic rings. The summed E-state index contributed by atoms with van der Waals surface area (Å²) in [5.41, 5.74) is 3.30. The fraction of sp³-hybridized carbons (Fsp3) is 0.259. The molecule has 182 valence electrons. The Labute approximate surface area is 213 Å². The van der Waals surface area contributed by atoms with Crippen molar-refractivity contribution < 1.29 is 23.7 Å². The van der Waals surface area contributed by atoms with Crippen molar-refractivity contribution in [3.63, 3.8) is 0 Å². The van der Waals surface area contributed by atoms with Gasteiger partial charge in [0.1, 0.15) is 5.75 Å². The third-order valence-electron chi connectivity index (χ3n) is 5.68. The smallest absolute Gasteiger partial charge is 0.247 e. The maximum atomic E-state index is 13.1. The Morgan fingerprint density at radius 2 is 1.69 bits per heavy atom. The van der Waals surface area contributed by atoms with E-state index in [0.29, 0.717) is 43.7 Å². The van der Waals surface area contributed by atoms with Gasteiger partial charge in [-0.1, -0.05) is 22.0 Å². The van der Waals surface area contributed by atoms with Gasteiger partial charge in [0.2, 0.25) is 11.8 Å². The lowest BCUT2D eigenvalue weighted by Crippen LogP contribution is -2.39. The van der Waals surface area contributed by atoms with Crippen LogP contribution in [0, 0.1) is 6.92 Å². The molecule has 1 aliphatic rings. The molecular weight excluding hydrogens is 512 g/mol. The van der Waals surface area contributed by atoms with E-state index >= 15 is 0 Å². The number of carbonyl (C=O) groups excluding carboxylic acids is 1. The normalized spacial score (nSPS) is 13.9. The number of benzene rings is 2. The van der Waals surface area contributed by atoms with Gasteiger partial charge in [0, 0.05) is 41.5 Å². The number of ether oxygens (including phenoxy) is 4. The molecule has 0 saturated carbocycles. The molecule has 1 fully saturated rings. The summed E-state index contributed by atoms with van der Waals surface area (Å²) < 4.78 is 23.2. The van der Waals surface area contributed by atoms with E-state index in [9.17, 15) is 4.79 Å². The Morgan fingerprint density at radius 1 is 0.971 bits per heavy atom. The zero-order valence-corrected chi connectivity index (χ0v) is 21.5. The molecule has 2 aromatic carbocycles. The molecule has 1 aromatic heterocycles. The molecule has 1 saturated heterocycles. The zero-order valence-electron chi connectivity index (χ0n) is 19.9. The molecular formula is C27H27BrN2O5. The summed E-state index contributed by atoms with van der Waals surface area (Å²) in [7, 11) is 3.17. The molecule has 0 radical (unpaired) electrons. The average molecular weight is 539 g/mol. The number of halogens is 1. The van der Waals surface area contributed by atoms with Gasteiger partial charge in [0.05, 0.1) is 27.4 Å². The van der Waals surface area contributed by atoms with Crippen LogP contribution in [0.15, 0.2) is 65.3 Å². The van der Waals surface area contributed by atoms with Gasteiger partial charge in [-0.2, -0.15) is 0 Å². The van der Waals surface area contributed by atoms with Gasteiger partial charge in [-0.15, -0.1) is 0 Å². The minimum Gasteiger partial charge on any atom is -0.493 e. The van der Waals surface area contributed by atoms with Gasteiger partial charge in [-0.05, 0) is 60.0 Å². The lowest BCUT2D eigenvalue weighted by Gasteiger charge is -2.26. The number of aryl methyl sites for hydroxylation is 1. The van der Waals surface area contributed by atoms with Gasteiger partial charge >= 0.3 is 0 Å². The van der Waals surface area contributed by atoms with E-state index < -0.39 is 0 Å². The summed E-state index contributed by atoms with van der Waals surface area (Å²) in [5, 5.41) is 0. The van der Waals surface area contributed by atoms with E-state index in [1.54, 1.807) is 37.5 Å². The standard InChI is InChI=1S/C27H27BrN2O5/c1-18-14-21(28)6-8-23(18)35-26-9-5-20(17-29-26)22(16-27(31)30-10-12-34-13-11-30)19-4-7-24(32-2)25(15-19)33-3/h4-9,14-17H,10-13H2,1-3H3. The van der Waals surface area contributed by atoms with Crippen LogP contribution in [0.4, 0.5) is 0 Å². The van der Waals surface area contributed by atoms with E-state index in [2.05, 4.69) is 20.9 Å². The predicted molar refractivity (Wildman–Crippen MR) is 137 cm³/mol. The van der Waals surface area contributed by atoms with E-state index in [4.69, 9.17) is 18.9 Å². The third-order valence-corrected chi connectivity index (χ3v) is 6.18. The number of aromatic nitrogens is 1. The lowest BCUT2D eigenvalue weighted by molar-refractivity contribution is -0.129. The number of hydrogen-bond acceptors (Lipinski definition) is 6. The van der Waals surface area contributed by atoms with Crippen LogP contribution in [-0.4, -0.2) is 56.3 Å². The Bertz CT molecular complexity index is 1220. The van der Waals surface area contributed by atoms with Gasteiger partial charge in [-0.3, -0.25) is 4.79 Å². The number of carbonyl (C=O) groups is 1. The summed E-state index contributed by atoms with van der Waals surface area (Å²) in [6.07, 6.45) is 3.35. The molecule has 1 aliphatic heterocycles. The Kier molecular flexibility index (Phi) is 8.05. The van der Waals surface area contributed by atoms with Crippen LogP contribution < -0.4 is 14.2 Å². The summed E-state index contributed by atoms with van der Waals surface area (Å²) >= 11 is 3.46. The zero-order chi connectivity index (χ0) is 24.8. The molecule has 0 bridgehead atoms. The highest BCUT2D eigenvalue weighted by Gasteiger charge is 2.18. The first-order chi connectivity index (χ1) is 17.0. The van der Waals surface area contributed by atoms with Crippen molar-refractivity contribution in [2.45, 2.75) is 6.92 Å². The van der Waals surface area contributed by atoms with Crippen molar-refractivity contribution in [1.82, 2.24) is 9.88 Å². The number of morpholine rings is 1. The topological polar surface area (TPSA) is 70.1 Å². The van der Waals surface area contributed by atoms with E-state index in [-0.39, 0.29) is 5.91 Å². The molecule has 0 N–H and O–H groups in total. The molecule has 35 heavy (non-hydrogen) atoms. The molecule has 2 heterocycles. The second kappa shape index (κ2) is 11.4. The highest BCUT2D eigenvalue weighted by molar-refractivity contribution is 9.10. The van der Waals surface area contributed by atoms with E-state index in [1.165, 1.54) is 0 Å². The first-order valence-electron chi connectivity index (χ1n) is 11.2. The molecule has 0 spiro atoms. The number of hydrogen-bond donors (Lipinski definition) is 0. The minimum absolute atomic E-state index is 0.0797. The summed E-state index contributed by atoms with van der Waals surface area (Å²) in [6.45, 7) is 4.17. The van der Waals surface area contributed by atoms with Crippen molar-refractivity contribution in [2.75, 3.05) is 40.5 Å². The van der Waals surface area contributed by atoms with Crippen molar-refractivity contribution in [3.05, 3.63) is 82.0 Å². The van der Waals surface area contributed by atoms with Crippen LogP contribution in [0.5, 0.6) is 23.1 Å². The highest BCUT2D eigenvalue weighted by Crippen LogP contribution is 2.34. The van der Waals surface area contributed by atoms with Crippen LogP contribution in [0.25, 0.3) is 5.57 Å². The summed E-state index contributed by atoms with van der Waals surface area (Å²) in [4.78, 5) is 19.4. The summed E-state index contributed by atoms with van der Waals surface area (Å²) in [6, 6.07) is 15.1. The quantitative estimate of drug-likeness (QED) is 0.382. The number of methoxy groups -OCH3 is 2. The largest absolute Gasteiger partial charge is 0.493 e. The number of rotatable bonds is 7. The van der Waals surface area contributed by atoms with Gasteiger partial charge in [-0.25, -0.2) is 4.98 Å². The minimum atomic E-state index is -0.0797. The molecule has 4 rings (SSSR count). The van der Waals surface area contributed by atoms with Crippen LogP contribution in [0.2, 0.25) is 0 Å². The lowest BCUT2D eigenvalue weighted by atomic mass is 9.98. The monoisotopic (exact) mass is 538 g/mol. The van der Waals surface area contributed by atoms with Crippen molar-refractivity contribution >= 4 is 27.4 Å². The van der Waals surface area contributed by atoms with E-state index in [1.807, 2.05) is 49.4 Å². The van der Waals surface area contributed by atoms with Crippen molar-refractivity contribution in [2.24, 2.45) is 0 Å². The second-order valence-electron chi connectivity index (χ2n) is 7.96. The Balaban J connectivity index is 1.67. The second-order valence-corrected chi connectivity index (χ2v) is 8.88. The Morgan fingerprint density at radius 3 is 2.34 bits per heavy atom. The number of amides is 1. The number of nitrogens with zero attached hydrogens (tertiary/aromatic N) is 2. The SMILES string of the molecule is COc1ccc(C(=CC(=O)N2CCOCC2)c2ccc(Oc3ccc(Br)cc3C)nc2)cc1OC. The number of pyridine rings is 1. The van der Waals surface area contributed by atoms with Gasteiger partial charge < -0.3 is 23.8 Å². The first kappa shape index (κ1) is 24.8. The third kappa shape index (κ3) is 6.01. The van der Waals surface area contributed by atoms with Crippen molar-refractivity contribution in [3.8, 4) is 23.1 Å². The Hall–Kier alpha value is -3.36. The molecule has 0 unspecified atom stereocenters. The maximum absolute atomic E-state index is 13.1. The molecule has 1 amide bonds. The fourth-order valence-corrected chi connectivity index (χ4v) is 4.25. The van der Waals surface area contributed by atoms with Crippen LogP contribution >= 0.6 is 15.9 Å². The van der Waals surface area contributed by atoms with Gasteiger partial charge in [0.25, 0.3) is 0 Å². The van der Waals surface area contributed by atoms with E-state index in [0.717, 1.165) is 32.5 Å². The van der Waals surface area contributed by atoms with Crippen LogP contribution in [0.3, 0.4) is 0 Å². The molecule has 8 heteroatoms. The van der Waals surface area contributed by atoms with Crippen LogP contribution in [-0.2, 0) is 9.53 Å². The van der Waals surface area contributed by atoms with Crippen LogP contribution in [0.1, 0.15) is 16.7 Å². The summed E-state index contributed by atoms with van der Waals surface area (Å²) in [5.74, 6) is 2.30. The highest BCUT2D eigenvalue weighted by atomic mass is 79.9. The van der Waals surface area contributed by atoms with Gasteiger partial charge in [0.15, 0.2) is 11.5 Å². The molecule has 7 nitrogen and oxygen atoms in total. The fourth-order valence-electron chi connectivity index (χ4n) is 3.78. The average Bonchev–Trinajstić information content (AvgIpc) is 2.89. The maximum Gasteiger partial charge on any atom is 0.247 e. The first-order valence-corrected chi connectivity index (χ1v) is 12.0. The predicted octanol–water partition coefficient (Wildman–Crippen LogP) is 5.25. The van der Waals surface area contributed by atoms with Crippen molar-refractivity contribution in [1.29, 1.82) is 0 Å². The molecule has 0 aliphatic carbocycles. The molecule has 0 atom stereocenters.